The molecule has 0 fully saturated rings. The van der Waals surface area contributed by atoms with Crippen molar-refractivity contribution in [2.75, 3.05) is 14.1 Å². The Morgan fingerprint density at radius 1 is 1.23 bits per heavy atom. The van der Waals surface area contributed by atoms with Crippen LogP contribution in [0.5, 0.6) is 0 Å². The van der Waals surface area contributed by atoms with E-state index in [2.05, 4.69) is 5.16 Å². The van der Waals surface area contributed by atoms with Crippen LogP contribution in [-0.4, -0.2) is 36.2 Å². The van der Waals surface area contributed by atoms with E-state index in [4.69, 9.17) is 4.52 Å². The van der Waals surface area contributed by atoms with Gasteiger partial charge in [0.1, 0.15) is 5.76 Å². The van der Waals surface area contributed by atoms with Crippen LogP contribution < -0.4 is 0 Å². The highest BCUT2D eigenvalue weighted by Crippen LogP contribution is 2.17. The third kappa shape index (κ3) is 4.02. The van der Waals surface area contributed by atoms with Gasteiger partial charge in [-0.2, -0.15) is 0 Å². The predicted molar refractivity (Wildman–Crippen MR) is 84.1 cm³/mol. The first-order valence-electron chi connectivity index (χ1n) is 6.57. The zero-order valence-corrected chi connectivity index (χ0v) is 14.3. The van der Waals surface area contributed by atoms with E-state index >= 15 is 0 Å². The van der Waals surface area contributed by atoms with Gasteiger partial charge >= 0.3 is 0 Å². The van der Waals surface area contributed by atoms with Gasteiger partial charge in [0.2, 0.25) is 10.0 Å². The number of hydrogen-bond donors (Lipinski definition) is 0. The van der Waals surface area contributed by atoms with Crippen LogP contribution in [0.1, 0.15) is 17.0 Å². The topological polar surface area (TPSA) is 80.5 Å². The fourth-order valence-corrected chi connectivity index (χ4v) is 3.99. The first-order valence-corrected chi connectivity index (χ1v) is 9.50. The Bertz CT molecular complexity index is 782. The molecule has 1 aromatic carbocycles. The monoisotopic (exact) mass is 342 g/mol. The van der Waals surface area contributed by atoms with Gasteiger partial charge in [0, 0.05) is 36.7 Å². The third-order valence-electron chi connectivity index (χ3n) is 2.99. The molecule has 0 aliphatic heterocycles. The minimum absolute atomic E-state index is 0.198. The number of hydrogen-bond acceptors (Lipinski definition) is 5. The Morgan fingerprint density at radius 3 is 2.55 bits per heavy atom. The van der Waals surface area contributed by atoms with Crippen LogP contribution in [0, 0.1) is 6.92 Å². The van der Waals surface area contributed by atoms with Crippen molar-refractivity contribution < 1.29 is 17.1 Å². The second kappa shape index (κ2) is 6.72. The molecular weight excluding hydrogens is 324 g/mol. The molecule has 0 bridgehead atoms. The third-order valence-corrected chi connectivity index (χ3v) is 6.07. The summed E-state index contributed by atoms with van der Waals surface area (Å²) in [6.45, 7) is 1.77. The molecule has 22 heavy (non-hydrogen) atoms. The molecule has 2 aromatic rings. The van der Waals surface area contributed by atoms with E-state index in [0.717, 1.165) is 4.31 Å². The number of sulfonamides is 1. The molecule has 0 N–H and O–H groups in total. The van der Waals surface area contributed by atoms with Crippen LogP contribution in [0.15, 0.2) is 39.8 Å². The van der Waals surface area contributed by atoms with Gasteiger partial charge in [0.25, 0.3) is 0 Å². The van der Waals surface area contributed by atoms with E-state index in [-0.39, 0.29) is 16.4 Å². The molecular formula is C14H18N2O4S2. The Balaban J connectivity index is 2.12. The zero-order chi connectivity index (χ0) is 16.3. The molecule has 1 aromatic heterocycles. The quantitative estimate of drug-likeness (QED) is 0.798. The van der Waals surface area contributed by atoms with E-state index in [9.17, 15) is 12.6 Å². The lowest BCUT2D eigenvalue weighted by Gasteiger charge is -2.12. The molecule has 0 spiro atoms. The van der Waals surface area contributed by atoms with Gasteiger partial charge in [-0.15, -0.1) is 0 Å². The average Bonchev–Trinajstić information content (AvgIpc) is 2.84. The molecule has 0 unspecified atom stereocenters. The number of rotatable bonds is 6. The molecule has 0 aliphatic rings. The SMILES string of the molecule is Cc1cc(C[S@@](=O)Cc2cccc(S(=O)(=O)N(C)C)c2)no1. The summed E-state index contributed by atoms with van der Waals surface area (Å²) in [7, 11) is -1.71. The molecule has 6 nitrogen and oxygen atoms in total. The highest BCUT2D eigenvalue weighted by Gasteiger charge is 2.17. The lowest BCUT2D eigenvalue weighted by atomic mass is 10.2. The number of aryl methyl sites for hydroxylation is 1. The molecule has 0 aliphatic carbocycles. The maximum absolute atomic E-state index is 12.2. The van der Waals surface area contributed by atoms with Gasteiger partial charge in [0.05, 0.1) is 16.3 Å². The Kier molecular flexibility index (Phi) is 5.15. The Hall–Kier alpha value is -1.51. The molecule has 8 heteroatoms. The minimum Gasteiger partial charge on any atom is -0.361 e. The first-order chi connectivity index (χ1) is 10.3. The van der Waals surface area contributed by atoms with E-state index in [0.29, 0.717) is 17.0 Å². The molecule has 0 saturated heterocycles. The zero-order valence-electron chi connectivity index (χ0n) is 12.6. The van der Waals surface area contributed by atoms with Crippen molar-refractivity contribution in [3.63, 3.8) is 0 Å². The second-order valence-corrected chi connectivity index (χ2v) is 8.70. The summed E-state index contributed by atoms with van der Waals surface area (Å²) in [6.07, 6.45) is 0. The summed E-state index contributed by atoms with van der Waals surface area (Å²) in [5, 5.41) is 3.81. The maximum atomic E-state index is 12.2. The van der Waals surface area contributed by atoms with Crippen LogP contribution in [0.2, 0.25) is 0 Å². The van der Waals surface area contributed by atoms with Gasteiger partial charge in [-0.3, -0.25) is 4.21 Å². The summed E-state index contributed by atoms with van der Waals surface area (Å²) < 4.78 is 42.4. The highest BCUT2D eigenvalue weighted by molar-refractivity contribution is 7.89. The Labute approximate surface area is 132 Å². The van der Waals surface area contributed by atoms with Crippen molar-refractivity contribution in [2.45, 2.75) is 23.3 Å². The van der Waals surface area contributed by atoms with E-state index < -0.39 is 20.8 Å². The summed E-state index contributed by atoms with van der Waals surface area (Å²) in [5.74, 6) is 1.22. The molecule has 0 saturated carbocycles. The molecule has 0 amide bonds. The lowest BCUT2D eigenvalue weighted by Crippen LogP contribution is -2.22. The van der Waals surface area contributed by atoms with E-state index in [1.807, 2.05) is 0 Å². The average molecular weight is 342 g/mol. The van der Waals surface area contributed by atoms with Crippen LogP contribution in [0.4, 0.5) is 0 Å². The standard InChI is InChI=1S/C14H18N2O4S2/c1-11-7-13(15-20-11)10-21(17)9-12-5-4-6-14(8-12)22(18,19)16(2)3/h4-8H,9-10H2,1-3H3/t21-/m0/s1. The van der Waals surface area contributed by atoms with Gasteiger partial charge in [-0.25, -0.2) is 12.7 Å². The molecule has 1 heterocycles. The van der Waals surface area contributed by atoms with Gasteiger partial charge < -0.3 is 4.52 Å². The summed E-state index contributed by atoms with van der Waals surface area (Å²) in [5.41, 5.74) is 1.34. The van der Waals surface area contributed by atoms with E-state index in [1.54, 1.807) is 31.2 Å². The molecule has 120 valence electrons. The van der Waals surface area contributed by atoms with Crippen molar-refractivity contribution in [3.8, 4) is 0 Å². The maximum Gasteiger partial charge on any atom is 0.242 e. The van der Waals surface area contributed by atoms with Crippen LogP contribution in [0.25, 0.3) is 0 Å². The second-order valence-electron chi connectivity index (χ2n) is 5.09. The largest absolute Gasteiger partial charge is 0.361 e. The van der Waals surface area contributed by atoms with Crippen molar-refractivity contribution in [1.82, 2.24) is 9.46 Å². The van der Waals surface area contributed by atoms with Crippen LogP contribution >= 0.6 is 0 Å². The van der Waals surface area contributed by atoms with Gasteiger partial charge in [-0.05, 0) is 24.6 Å². The van der Waals surface area contributed by atoms with Gasteiger partial charge in [-0.1, -0.05) is 17.3 Å². The summed E-state index contributed by atoms with van der Waals surface area (Å²) in [4.78, 5) is 0.198. The normalized spacial score (nSPS) is 13.5. The molecule has 0 radical (unpaired) electrons. The molecule has 1 atom stereocenters. The highest BCUT2D eigenvalue weighted by atomic mass is 32.2. The number of aromatic nitrogens is 1. The van der Waals surface area contributed by atoms with Gasteiger partial charge in [0.15, 0.2) is 0 Å². The van der Waals surface area contributed by atoms with Crippen LogP contribution in [0.3, 0.4) is 0 Å². The van der Waals surface area contributed by atoms with Crippen molar-refractivity contribution in [1.29, 1.82) is 0 Å². The van der Waals surface area contributed by atoms with Crippen molar-refractivity contribution in [3.05, 3.63) is 47.3 Å². The molecule has 2 rings (SSSR count). The summed E-state index contributed by atoms with van der Waals surface area (Å²) >= 11 is 0. The van der Waals surface area contributed by atoms with Crippen molar-refractivity contribution in [2.24, 2.45) is 0 Å². The van der Waals surface area contributed by atoms with E-state index in [1.165, 1.54) is 20.2 Å². The predicted octanol–water partition coefficient (Wildman–Crippen LogP) is 1.68. The smallest absolute Gasteiger partial charge is 0.242 e. The van der Waals surface area contributed by atoms with Crippen LogP contribution in [-0.2, 0) is 32.3 Å². The fraction of sp³-hybridized carbons (Fsp3) is 0.357. The Morgan fingerprint density at radius 2 is 1.95 bits per heavy atom. The number of benzene rings is 1. The summed E-state index contributed by atoms with van der Waals surface area (Å²) in [6, 6.07) is 8.25. The number of nitrogens with zero attached hydrogens (tertiary/aromatic N) is 2. The minimum atomic E-state index is -3.48. The fourth-order valence-electron chi connectivity index (χ4n) is 1.89. The first kappa shape index (κ1) is 16.9. The van der Waals surface area contributed by atoms with Crippen molar-refractivity contribution >= 4 is 20.8 Å². The lowest BCUT2D eigenvalue weighted by molar-refractivity contribution is 0.392.